The Morgan fingerprint density at radius 2 is 2.00 bits per heavy atom. The van der Waals surface area contributed by atoms with E-state index in [-0.39, 0.29) is 12.1 Å². The fourth-order valence-corrected chi connectivity index (χ4v) is 1.76. The van der Waals surface area contributed by atoms with Crippen LogP contribution in [0.25, 0.3) is 0 Å². The van der Waals surface area contributed by atoms with Crippen molar-refractivity contribution in [3.05, 3.63) is 29.6 Å². The Hall–Kier alpha value is -2.31. The number of hydrogen-bond donors (Lipinski definition) is 2. The molecular weight excluding hydrogens is 291 g/mol. The van der Waals surface area contributed by atoms with Gasteiger partial charge < -0.3 is 20.5 Å². The van der Waals surface area contributed by atoms with Crippen molar-refractivity contribution in [2.75, 3.05) is 12.8 Å². The molecule has 0 saturated carbocycles. The summed E-state index contributed by atoms with van der Waals surface area (Å²) in [4.78, 5) is 23.6. The number of carbonyl (C=O) groups is 2. The van der Waals surface area contributed by atoms with Gasteiger partial charge in [-0.25, -0.2) is 14.0 Å². The second-order valence-corrected chi connectivity index (χ2v) is 5.77. The monoisotopic (exact) mass is 312 g/mol. The predicted molar refractivity (Wildman–Crippen MR) is 79.7 cm³/mol. The van der Waals surface area contributed by atoms with E-state index >= 15 is 0 Å². The molecule has 1 amide bonds. The van der Waals surface area contributed by atoms with Gasteiger partial charge in [-0.3, -0.25) is 0 Å². The van der Waals surface area contributed by atoms with E-state index in [0.717, 1.165) is 6.07 Å². The quantitative estimate of drug-likeness (QED) is 0.655. The zero-order chi connectivity index (χ0) is 16.9. The van der Waals surface area contributed by atoms with Crippen molar-refractivity contribution in [3.63, 3.8) is 0 Å². The molecule has 0 aliphatic rings. The number of nitrogens with two attached hydrogens (primary N) is 1. The van der Waals surface area contributed by atoms with E-state index in [9.17, 15) is 14.0 Å². The highest BCUT2D eigenvalue weighted by Crippen LogP contribution is 2.16. The van der Waals surface area contributed by atoms with Crippen LogP contribution in [0.5, 0.6) is 0 Å². The van der Waals surface area contributed by atoms with Crippen LogP contribution in [0.2, 0.25) is 0 Å². The van der Waals surface area contributed by atoms with Crippen LogP contribution in [0, 0.1) is 5.82 Å². The minimum atomic E-state index is -0.979. The Balaban J connectivity index is 2.85. The van der Waals surface area contributed by atoms with Crippen molar-refractivity contribution in [2.45, 2.75) is 38.8 Å². The lowest BCUT2D eigenvalue weighted by atomic mass is 10.0. The van der Waals surface area contributed by atoms with Crippen molar-refractivity contribution in [1.29, 1.82) is 0 Å². The predicted octanol–water partition coefficient (Wildman–Crippen LogP) is 2.02. The highest BCUT2D eigenvalue weighted by Gasteiger charge is 2.25. The first kappa shape index (κ1) is 17.7. The van der Waals surface area contributed by atoms with Crippen LogP contribution in [-0.4, -0.2) is 30.8 Å². The van der Waals surface area contributed by atoms with Gasteiger partial charge >= 0.3 is 12.1 Å². The number of benzene rings is 1. The normalized spacial score (nSPS) is 12.4. The number of rotatable bonds is 4. The number of methoxy groups -OCH3 is 1. The number of amides is 1. The zero-order valence-corrected chi connectivity index (χ0v) is 13.1. The van der Waals surface area contributed by atoms with Crippen molar-refractivity contribution in [2.24, 2.45) is 0 Å². The van der Waals surface area contributed by atoms with Gasteiger partial charge in [0, 0.05) is 12.1 Å². The van der Waals surface area contributed by atoms with Gasteiger partial charge in [-0.05, 0) is 38.5 Å². The lowest BCUT2D eigenvalue weighted by Gasteiger charge is -2.23. The first-order valence-corrected chi connectivity index (χ1v) is 6.73. The average molecular weight is 312 g/mol. The van der Waals surface area contributed by atoms with Crippen molar-refractivity contribution >= 4 is 17.7 Å². The van der Waals surface area contributed by atoms with Gasteiger partial charge in [0.2, 0.25) is 0 Å². The van der Waals surface area contributed by atoms with E-state index in [1.165, 1.54) is 19.2 Å². The zero-order valence-electron chi connectivity index (χ0n) is 13.1. The number of carbonyl (C=O) groups excluding carboxylic acids is 2. The smallest absolute Gasteiger partial charge is 0.408 e. The SMILES string of the molecule is COC(=O)[C@H](Cc1ccc(F)cc1N)NC(=O)OC(C)(C)C. The molecule has 1 aromatic rings. The third kappa shape index (κ3) is 5.59. The van der Waals surface area contributed by atoms with Crippen LogP contribution in [0.1, 0.15) is 26.3 Å². The van der Waals surface area contributed by atoms with Crippen LogP contribution in [0.3, 0.4) is 0 Å². The fourth-order valence-electron chi connectivity index (χ4n) is 1.76. The van der Waals surface area contributed by atoms with Gasteiger partial charge in [-0.15, -0.1) is 0 Å². The lowest BCUT2D eigenvalue weighted by molar-refractivity contribution is -0.143. The number of halogens is 1. The molecule has 6 nitrogen and oxygen atoms in total. The molecule has 0 heterocycles. The summed E-state index contributed by atoms with van der Waals surface area (Å²) in [7, 11) is 1.21. The lowest BCUT2D eigenvalue weighted by Crippen LogP contribution is -2.45. The van der Waals surface area contributed by atoms with Gasteiger partial charge in [-0.2, -0.15) is 0 Å². The van der Waals surface area contributed by atoms with Crippen LogP contribution < -0.4 is 11.1 Å². The van der Waals surface area contributed by atoms with E-state index in [2.05, 4.69) is 10.1 Å². The molecule has 0 aliphatic carbocycles. The molecular formula is C15H21FN2O4. The van der Waals surface area contributed by atoms with Gasteiger partial charge in [0.1, 0.15) is 17.5 Å². The summed E-state index contributed by atoms with van der Waals surface area (Å²) in [6, 6.07) is 2.86. The van der Waals surface area contributed by atoms with Gasteiger partial charge in [0.15, 0.2) is 0 Å². The maximum absolute atomic E-state index is 13.0. The van der Waals surface area contributed by atoms with E-state index in [1.807, 2.05) is 0 Å². The summed E-state index contributed by atoms with van der Waals surface area (Å²) in [5.41, 5.74) is 5.73. The number of nitrogen functional groups attached to an aromatic ring is 1. The first-order chi connectivity index (χ1) is 10.1. The van der Waals surface area contributed by atoms with Crippen LogP contribution in [0.15, 0.2) is 18.2 Å². The van der Waals surface area contributed by atoms with Crippen LogP contribution in [0.4, 0.5) is 14.9 Å². The largest absolute Gasteiger partial charge is 0.467 e. The molecule has 0 radical (unpaired) electrons. The average Bonchev–Trinajstić information content (AvgIpc) is 2.37. The summed E-state index contributed by atoms with van der Waals surface area (Å²) in [6.07, 6.45) is -0.679. The minimum Gasteiger partial charge on any atom is -0.467 e. The van der Waals surface area contributed by atoms with Crippen LogP contribution >= 0.6 is 0 Å². The molecule has 0 fully saturated rings. The summed E-state index contributed by atoms with van der Waals surface area (Å²) >= 11 is 0. The maximum Gasteiger partial charge on any atom is 0.408 e. The number of ether oxygens (including phenoxy) is 2. The highest BCUT2D eigenvalue weighted by molar-refractivity contribution is 5.82. The Kier molecular flexibility index (Phi) is 5.73. The molecule has 1 atom stereocenters. The Labute approximate surface area is 128 Å². The molecule has 22 heavy (non-hydrogen) atoms. The van der Waals surface area contributed by atoms with Gasteiger partial charge in [0.25, 0.3) is 0 Å². The van der Waals surface area contributed by atoms with Crippen LogP contribution in [-0.2, 0) is 20.7 Å². The molecule has 0 unspecified atom stereocenters. The first-order valence-electron chi connectivity index (χ1n) is 6.73. The highest BCUT2D eigenvalue weighted by atomic mass is 19.1. The summed E-state index contributed by atoms with van der Waals surface area (Å²) in [5.74, 6) is -1.12. The standard InChI is InChI=1S/C15H21FN2O4/c1-15(2,3)22-14(20)18-12(13(19)21-4)7-9-5-6-10(16)8-11(9)17/h5-6,8,12H,7,17H2,1-4H3,(H,18,20)/t12-/m0/s1. The second kappa shape index (κ2) is 7.11. The van der Waals surface area contributed by atoms with E-state index in [0.29, 0.717) is 5.56 Å². The number of hydrogen-bond acceptors (Lipinski definition) is 5. The molecule has 0 bridgehead atoms. The summed E-state index contributed by atoms with van der Waals surface area (Å²) < 4.78 is 22.8. The third-order valence-corrected chi connectivity index (χ3v) is 2.71. The number of esters is 1. The topological polar surface area (TPSA) is 90.6 Å². The molecule has 3 N–H and O–H groups in total. The van der Waals surface area contributed by atoms with Crippen molar-refractivity contribution in [1.82, 2.24) is 5.32 Å². The van der Waals surface area contributed by atoms with E-state index < -0.39 is 29.5 Å². The molecule has 0 spiro atoms. The van der Waals surface area contributed by atoms with E-state index in [4.69, 9.17) is 10.5 Å². The molecule has 0 saturated heterocycles. The summed E-state index contributed by atoms with van der Waals surface area (Å²) in [5, 5.41) is 2.43. The minimum absolute atomic E-state index is 0.0675. The van der Waals surface area contributed by atoms with Gasteiger partial charge in [0.05, 0.1) is 7.11 Å². The van der Waals surface area contributed by atoms with E-state index in [1.54, 1.807) is 20.8 Å². The number of alkyl carbamates (subject to hydrolysis) is 1. The molecule has 122 valence electrons. The summed E-state index contributed by atoms with van der Waals surface area (Å²) in [6.45, 7) is 5.12. The number of nitrogens with one attached hydrogen (secondary N) is 1. The molecule has 1 aromatic carbocycles. The third-order valence-electron chi connectivity index (χ3n) is 2.71. The molecule has 0 aromatic heterocycles. The van der Waals surface area contributed by atoms with Crippen molar-refractivity contribution < 1.29 is 23.5 Å². The van der Waals surface area contributed by atoms with Gasteiger partial charge in [-0.1, -0.05) is 6.07 Å². The Bertz CT molecular complexity index is 555. The number of anilines is 1. The molecule has 1 rings (SSSR count). The Morgan fingerprint density at radius 3 is 2.50 bits per heavy atom. The Morgan fingerprint density at radius 1 is 1.36 bits per heavy atom. The maximum atomic E-state index is 13.0. The fraction of sp³-hybridized carbons (Fsp3) is 0.467. The second-order valence-electron chi connectivity index (χ2n) is 5.77. The van der Waals surface area contributed by atoms with Crippen molar-refractivity contribution in [3.8, 4) is 0 Å². The molecule has 7 heteroatoms. The molecule has 0 aliphatic heterocycles.